The van der Waals surface area contributed by atoms with Gasteiger partial charge in [-0.1, -0.05) is 36.4 Å². The van der Waals surface area contributed by atoms with Crippen molar-refractivity contribution in [3.05, 3.63) is 65.5 Å². The molecule has 2 aromatic rings. The molecule has 0 amide bonds. The fourth-order valence-electron chi connectivity index (χ4n) is 2.87. The Bertz CT molecular complexity index is 544. The first-order valence-electron chi connectivity index (χ1n) is 6.70. The van der Waals surface area contributed by atoms with Crippen LogP contribution in [0.25, 0.3) is 0 Å². The fourth-order valence-corrected chi connectivity index (χ4v) is 2.87. The van der Waals surface area contributed by atoms with Crippen LogP contribution in [0, 0.1) is 6.92 Å². The van der Waals surface area contributed by atoms with Crippen molar-refractivity contribution in [1.29, 1.82) is 0 Å². The number of benzene rings is 1. The molecule has 1 unspecified atom stereocenters. The summed E-state index contributed by atoms with van der Waals surface area (Å²) in [6, 6.07) is 14.9. The van der Waals surface area contributed by atoms with Crippen molar-refractivity contribution in [2.45, 2.75) is 31.2 Å². The first-order valence-corrected chi connectivity index (χ1v) is 6.70. The van der Waals surface area contributed by atoms with E-state index in [1.165, 1.54) is 18.4 Å². The molecule has 1 aliphatic rings. The van der Waals surface area contributed by atoms with Gasteiger partial charge in [-0.15, -0.1) is 0 Å². The van der Waals surface area contributed by atoms with Crippen LogP contribution in [0.3, 0.4) is 0 Å². The Labute approximate surface area is 113 Å². The fraction of sp³-hybridized carbons (Fsp3) is 0.312. The second-order valence-corrected chi connectivity index (χ2v) is 5.35. The number of hydrogen-bond acceptors (Lipinski definition) is 3. The summed E-state index contributed by atoms with van der Waals surface area (Å²) in [4.78, 5) is 4.39. The molecule has 1 fully saturated rings. The lowest BCUT2D eigenvalue weighted by Crippen LogP contribution is -2.36. The lowest BCUT2D eigenvalue weighted by atomic mass is 9.85. The SMILES string of the molecule is Cc1ccc(C(NN)C2(c3ccccc3)CC2)cn1. The summed E-state index contributed by atoms with van der Waals surface area (Å²) in [5, 5.41) is 0. The molecule has 1 aromatic heterocycles. The van der Waals surface area contributed by atoms with E-state index in [0.717, 1.165) is 11.3 Å². The van der Waals surface area contributed by atoms with E-state index in [0.29, 0.717) is 0 Å². The molecule has 0 bridgehead atoms. The maximum Gasteiger partial charge on any atom is 0.0571 e. The number of nitrogens with zero attached hydrogens (tertiary/aromatic N) is 1. The van der Waals surface area contributed by atoms with E-state index in [1.807, 2.05) is 19.2 Å². The summed E-state index contributed by atoms with van der Waals surface area (Å²) in [7, 11) is 0. The maximum atomic E-state index is 5.83. The Kier molecular flexibility index (Phi) is 3.09. The highest BCUT2D eigenvalue weighted by molar-refractivity contribution is 5.37. The van der Waals surface area contributed by atoms with Gasteiger partial charge in [-0.25, -0.2) is 0 Å². The monoisotopic (exact) mass is 253 g/mol. The van der Waals surface area contributed by atoms with Crippen molar-refractivity contribution in [3.63, 3.8) is 0 Å². The molecule has 19 heavy (non-hydrogen) atoms. The minimum Gasteiger partial charge on any atom is -0.271 e. The van der Waals surface area contributed by atoms with Gasteiger partial charge in [0.1, 0.15) is 0 Å². The molecule has 98 valence electrons. The number of nitrogens with two attached hydrogens (primary N) is 1. The van der Waals surface area contributed by atoms with Crippen molar-refractivity contribution < 1.29 is 0 Å². The molecule has 3 N–H and O–H groups in total. The molecule has 0 spiro atoms. The Hall–Kier alpha value is -1.71. The molecule has 1 aliphatic carbocycles. The Morgan fingerprint density at radius 1 is 1.16 bits per heavy atom. The van der Waals surface area contributed by atoms with Gasteiger partial charge in [-0.05, 0) is 37.0 Å². The van der Waals surface area contributed by atoms with Crippen LogP contribution in [0.1, 0.15) is 35.7 Å². The third kappa shape index (κ3) is 2.15. The van der Waals surface area contributed by atoms with Crippen molar-refractivity contribution in [2.75, 3.05) is 0 Å². The van der Waals surface area contributed by atoms with E-state index in [4.69, 9.17) is 5.84 Å². The Morgan fingerprint density at radius 2 is 1.89 bits per heavy atom. The van der Waals surface area contributed by atoms with Gasteiger partial charge in [0.05, 0.1) is 6.04 Å². The molecule has 3 nitrogen and oxygen atoms in total. The average molecular weight is 253 g/mol. The summed E-state index contributed by atoms with van der Waals surface area (Å²) in [5.41, 5.74) is 6.68. The standard InChI is InChI=1S/C16H19N3/c1-12-7-8-13(11-18-12)15(19-17)16(9-10-16)14-5-3-2-4-6-14/h2-8,11,15,19H,9-10,17H2,1H3. The van der Waals surface area contributed by atoms with Crippen LogP contribution < -0.4 is 11.3 Å². The highest BCUT2D eigenvalue weighted by atomic mass is 15.2. The molecule has 1 aromatic carbocycles. The highest BCUT2D eigenvalue weighted by Crippen LogP contribution is 2.56. The molecule has 1 heterocycles. The number of nitrogens with one attached hydrogen (secondary N) is 1. The van der Waals surface area contributed by atoms with Crippen LogP contribution >= 0.6 is 0 Å². The van der Waals surface area contributed by atoms with Gasteiger partial charge in [0.25, 0.3) is 0 Å². The van der Waals surface area contributed by atoms with Gasteiger partial charge in [0, 0.05) is 17.3 Å². The first-order chi connectivity index (χ1) is 9.26. The molecule has 0 saturated heterocycles. The van der Waals surface area contributed by atoms with Gasteiger partial charge in [-0.2, -0.15) is 0 Å². The number of pyridine rings is 1. The largest absolute Gasteiger partial charge is 0.271 e. The molecule has 0 aliphatic heterocycles. The van der Waals surface area contributed by atoms with Crippen molar-refractivity contribution >= 4 is 0 Å². The third-order valence-corrected chi connectivity index (χ3v) is 4.12. The minimum absolute atomic E-state index is 0.128. The molecule has 0 radical (unpaired) electrons. The number of aryl methyl sites for hydroxylation is 1. The van der Waals surface area contributed by atoms with Crippen LogP contribution in [0.15, 0.2) is 48.7 Å². The van der Waals surface area contributed by atoms with Crippen LogP contribution in [0.2, 0.25) is 0 Å². The summed E-state index contributed by atoms with van der Waals surface area (Å²) < 4.78 is 0. The molecule has 1 atom stereocenters. The van der Waals surface area contributed by atoms with E-state index < -0.39 is 0 Å². The van der Waals surface area contributed by atoms with Crippen LogP contribution in [-0.4, -0.2) is 4.98 Å². The van der Waals surface area contributed by atoms with Gasteiger partial charge >= 0.3 is 0 Å². The van der Waals surface area contributed by atoms with Gasteiger partial charge in [0.15, 0.2) is 0 Å². The summed E-state index contributed by atoms with van der Waals surface area (Å²) in [6.45, 7) is 2.00. The van der Waals surface area contributed by atoms with Crippen molar-refractivity contribution in [2.24, 2.45) is 5.84 Å². The topological polar surface area (TPSA) is 50.9 Å². The quantitative estimate of drug-likeness (QED) is 0.650. The first kappa shape index (κ1) is 12.3. The normalized spacial score (nSPS) is 18.0. The van der Waals surface area contributed by atoms with E-state index in [9.17, 15) is 0 Å². The number of hydrazine groups is 1. The minimum atomic E-state index is 0.128. The number of rotatable bonds is 4. The zero-order valence-electron chi connectivity index (χ0n) is 11.1. The predicted molar refractivity (Wildman–Crippen MR) is 76.4 cm³/mol. The summed E-state index contributed by atoms with van der Waals surface area (Å²) in [6.07, 6.45) is 4.27. The third-order valence-electron chi connectivity index (χ3n) is 4.12. The second-order valence-electron chi connectivity index (χ2n) is 5.35. The Balaban J connectivity index is 1.97. The van der Waals surface area contributed by atoms with Crippen molar-refractivity contribution in [1.82, 2.24) is 10.4 Å². The van der Waals surface area contributed by atoms with Crippen LogP contribution in [0.5, 0.6) is 0 Å². The molecular weight excluding hydrogens is 234 g/mol. The van der Waals surface area contributed by atoms with Crippen molar-refractivity contribution in [3.8, 4) is 0 Å². The number of aromatic nitrogens is 1. The van der Waals surface area contributed by atoms with Crippen LogP contribution in [-0.2, 0) is 5.41 Å². The lowest BCUT2D eigenvalue weighted by Gasteiger charge is -2.27. The van der Waals surface area contributed by atoms with E-state index in [2.05, 4.69) is 46.8 Å². The van der Waals surface area contributed by atoms with Gasteiger partial charge < -0.3 is 0 Å². The average Bonchev–Trinajstić information content (AvgIpc) is 3.24. The van der Waals surface area contributed by atoms with Gasteiger partial charge in [-0.3, -0.25) is 16.3 Å². The highest BCUT2D eigenvalue weighted by Gasteiger charge is 2.50. The maximum absolute atomic E-state index is 5.83. The molecule has 3 rings (SSSR count). The zero-order valence-corrected chi connectivity index (χ0v) is 11.1. The van der Waals surface area contributed by atoms with Crippen LogP contribution in [0.4, 0.5) is 0 Å². The van der Waals surface area contributed by atoms with E-state index >= 15 is 0 Å². The van der Waals surface area contributed by atoms with E-state index in [1.54, 1.807) is 0 Å². The summed E-state index contributed by atoms with van der Waals surface area (Å²) >= 11 is 0. The lowest BCUT2D eigenvalue weighted by molar-refractivity contribution is 0.438. The number of hydrogen-bond donors (Lipinski definition) is 2. The smallest absolute Gasteiger partial charge is 0.0571 e. The zero-order chi connectivity index (χ0) is 13.3. The molecule has 1 saturated carbocycles. The molecule has 3 heteroatoms. The van der Waals surface area contributed by atoms with E-state index in [-0.39, 0.29) is 11.5 Å². The predicted octanol–water partition coefficient (Wildman–Crippen LogP) is 2.63. The Morgan fingerprint density at radius 3 is 2.42 bits per heavy atom. The van der Waals surface area contributed by atoms with Gasteiger partial charge in [0.2, 0.25) is 0 Å². The second kappa shape index (κ2) is 4.76. The summed E-state index contributed by atoms with van der Waals surface area (Å²) in [5.74, 6) is 5.83. The molecular formula is C16H19N3.